The van der Waals surface area contributed by atoms with Gasteiger partial charge in [0.25, 0.3) is 0 Å². The van der Waals surface area contributed by atoms with Gasteiger partial charge in [-0.25, -0.2) is 0 Å². The van der Waals surface area contributed by atoms with E-state index in [1.807, 2.05) is 20.8 Å². The molecule has 0 fully saturated rings. The first-order valence-electron chi connectivity index (χ1n) is 3.90. The van der Waals surface area contributed by atoms with Crippen molar-refractivity contribution in [3.05, 3.63) is 0 Å². The fraction of sp³-hybridized carbons (Fsp3) is 0.875. The van der Waals surface area contributed by atoms with Crippen molar-refractivity contribution in [2.45, 2.75) is 38.9 Å². The quantitative estimate of drug-likeness (QED) is 0.482. The molecule has 0 saturated carbocycles. The molecule has 0 aromatic rings. The summed E-state index contributed by atoms with van der Waals surface area (Å²) in [7, 11) is -0.606. The third-order valence-corrected chi connectivity index (χ3v) is 4.74. The zero-order valence-electron chi connectivity index (χ0n) is 8.02. The van der Waals surface area contributed by atoms with Gasteiger partial charge in [-0.1, -0.05) is 26.9 Å². The van der Waals surface area contributed by atoms with Crippen molar-refractivity contribution in [1.29, 1.82) is 0 Å². The Hall–Kier alpha value is -0.313. The van der Waals surface area contributed by atoms with Gasteiger partial charge in [-0.3, -0.25) is 4.79 Å². The molecular weight excluding hydrogens is 156 g/mol. The van der Waals surface area contributed by atoms with Crippen molar-refractivity contribution in [3.63, 3.8) is 0 Å². The number of hydrogen-bond donors (Lipinski definition) is 0. The SMILES string of the molecule is CCOC(=O)C(C)(C)[Si](C)C. The predicted molar refractivity (Wildman–Crippen MR) is 48.2 cm³/mol. The Morgan fingerprint density at radius 1 is 1.45 bits per heavy atom. The van der Waals surface area contributed by atoms with Gasteiger partial charge in [0.15, 0.2) is 0 Å². The van der Waals surface area contributed by atoms with E-state index in [-0.39, 0.29) is 11.0 Å². The molecule has 0 rings (SSSR count). The van der Waals surface area contributed by atoms with Crippen LogP contribution in [-0.2, 0) is 9.53 Å². The molecular formula is C8H17O2Si. The molecule has 0 aromatic carbocycles. The summed E-state index contributed by atoms with van der Waals surface area (Å²) in [6, 6.07) is 0. The second-order valence-corrected chi connectivity index (χ2v) is 6.60. The number of esters is 1. The van der Waals surface area contributed by atoms with Crippen LogP contribution in [0.1, 0.15) is 20.8 Å². The molecule has 0 aliphatic rings. The third kappa shape index (κ3) is 2.65. The smallest absolute Gasteiger partial charge is 0.308 e. The Morgan fingerprint density at radius 3 is 2.18 bits per heavy atom. The van der Waals surface area contributed by atoms with Crippen LogP contribution in [0.3, 0.4) is 0 Å². The summed E-state index contributed by atoms with van der Waals surface area (Å²) < 4.78 is 4.95. The average Bonchev–Trinajstić information content (AvgIpc) is 1.88. The molecule has 0 aliphatic carbocycles. The topological polar surface area (TPSA) is 26.3 Å². The fourth-order valence-corrected chi connectivity index (χ4v) is 0.996. The van der Waals surface area contributed by atoms with Gasteiger partial charge >= 0.3 is 5.97 Å². The molecule has 0 heterocycles. The number of ether oxygens (including phenoxy) is 1. The lowest BCUT2D eigenvalue weighted by atomic mass is 10.2. The Labute approximate surface area is 70.5 Å². The van der Waals surface area contributed by atoms with Gasteiger partial charge in [0.1, 0.15) is 0 Å². The van der Waals surface area contributed by atoms with Crippen molar-refractivity contribution >= 4 is 14.8 Å². The van der Waals surface area contributed by atoms with Crippen LogP contribution >= 0.6 is 0 Å². The highest BCUT2D eigenvalue weighted by Gasteiger charge is 2.33. The van der Waals surface area contributed by atoms with Crippen LogP contribution in [0, 0.1) is 0 Å². The molecule has 1 radical (unpaired) electrons. The fourth-order valence-electron chi connectivity index (χ4n) is 0.516. The normalized spacial score (nSPS) is 11.8. The van der Waals surface area contributed by atoms with Gasteiger partial charge in [-0.15, -0.1) is 0 Å². The molecule has 0 unspecified atom stereocenters. The maximum absolute atomic E-state index is 11.3. The molecule has 0 N–H and O–H groups in total. The maximum atomic E-state index is 11.3. The highest BCUT2D eigenvalue weighted by Crippen LogP contribution is 2.29. The summed E-state index contributed by atoms with van der Waals surface area (Å²) in [6.45, 7) is 10.5. The van der Waals surface area contributed by atoms with Gasteiger partial charge in [0, 0.05) is 0 Å². The van der Waals surface area contributed by atoms with E-state index in [0.717, 1.165) is 0 Å². The molecule has 2 nitrogen and oxygen atoms in total. The second-order valence-electron chi connectivity index (χ2n) is 3.35. The summed E-state index contributed by atoms with van der Waals surface area (Å²) in [5, 5.41) is -0.249. The summed E-state index contributed by atoms with van der Waals surface area (Å²) in [5.41, 5.74) is 0. The van der Waals surface area contributed by atoms with E-state index in [0.29, 0.717) is 6.61 Å². The molecule has 11 heavy (non-hydrogen) atoms. The predicted octanol–water partition coefficient (Wildman–Crippen LogP) is 2.08. The van der Waals surface area contributed by atoms with Crippen LogP contribution in [0.15, 0.2) is 0 Å². The first-order valence-corrected chi connectivity index (χ1v) is 6.40. The summed E-state index contributed by atoms with van der Waals surface area (Å²) >= 11 is 0. The van der Waals surface area contributed by atoms with Gasteiger partial charge < -0.3 is 4.74 Å². The number of hydrogen-bond acceptors (Lipinski definition) is 2. The van der Waals surface area contributed by atoms with E-state index in [9.17, 15) is 4.79 Å². The molecule has 0 aliphatic heterocycles. The monoisotopic (exact) mass is 173 g/mol. The van der Waals surface area contributed by atoms with E-state index >= 15 is 0 Å². The van der Waals surface area contributed by atoms with E-state index in [1.54, 1.807) is 0 Å². The zero-order chi connectivity index (χ0) is 9.07. The van der Waals surface area contributed by atoms with E-state index in [2.05, 4.69) is 13.1 Å². The highest BCUT2D eigenvalue weighted by atomic mass is 28.3. The van der Waals surface area contributed by atoms with Gasteiger partial charge in [-0.05, 0) is 6.92 Å². The zero-order valence-corrected chi connectivity index (χ0v) is 9.02. The first-order chi connectivity index (χ1) is 4.92. The van der Waals surface area contributed by atoms with Gasteiger partial charge in [-0.2, -0.15) is 0 Å². The van der Waals surface area contributed by atoms with Crippen LogP contribution in [0.4, 0.5) is 0 Å². The van der Waals surface area contributed by atoms with Crippen molar-refractivity contribution < 1.29 is 9.53 Å². The first kappa shape index (κ1) is 10.7. The van der Waals surface area contributed by atoms with Gasteiger partial charge in [0.05, 0.1) is 20.4 Å². The van der Waals surface area contributed by atoms with Crippen LogP contribution in [0.25, 0.3) is 0 Å². The largest absolute Gasteiger partial charge is 0.466 e. The van der Waals surface area contributed by atoms with Crippen LogP contribution < -0.4 is 0 Å². The second kappa shape index (κ2) is 3.90. The summed E-state index contributed by atoms with van der Waals surface area (Å²) in [6.07, 6.45) is 0. The minimum Gasteiger partial charge on any atom is -0.466 e. The lowest BCUT2D eigenvalue weighted by molar-refractivity contribution is -0.146. The van der Waals surface area contributed by atoms with Crippen LogP contribution in [0.2, 0.25) is 18.1 Å². The third-order valence-electron chi connectivity index (χ3n) is 2.04. The molecule has 0 aromatic heterocycles. The van der Waals surface area contributed by atoms with Crippen molar-refractivity contribution in [2.75, 3.05) is 6.61 Å². The Kier molecular flexibility index (Phi) is 3.79. The van der Waals surface area contributed by atoms with Crippen molar-refractivity contribution in [3.8, 4) is 0 Å². The van der Waals surface area contributed by atoms with E-state index < -0.39 is 8.80 Å². The lowest BCUT2D eigenvalue weighted by Gasteiger charge is -2.24. The number of carbonyl (C=O) groups is 1. The summed E-state index contributed by atoms with van der Waals surface area (Å²) in [4.78, 5) is 11.3. The van der Waals surface area contributed by atoms with Gasteiger partial charge in [0.2, 0.25) is 0 Å². The average molecular weight is 173 g/mol. The van der Waals surface area contributed by atoms with Crippen LogP contribution in [-0.4, -0.2) is 21.4 Å². The molecule has 65 valence electrons. The molecule has 0 saturated heterocycles. The van der Waals surface area contributed by atoms with Crippen molar-refractivity contribution in [2.24, 2.45) is 0 Å². The molecule has 0 bridgehead atoms. The Morgan fingerprint density at radius 2 is 1.91 bits per heavy atom. The maximum Gasteiger partial charge on any atom is 0.308 e. The lowest BCUT2D eigenvalue weighted by Crippen LogP contribution is -2.31. The Balaban J connectivity index is 4.18. The molecule has 0 spiro atoms. The van der Waals surface area contributed by atoms with Crippen LogP contribution in [0.5, 0.6) is 0 Å². The number of rotatable bonds is 3. The minimum absolute atomic E-state index is 0.0566. The summed E-state index contributed by atoms with van der Waals surface area (Å²) in [5.74, 6) is -0.0566. The molecule has 3 heteroatoms. The van der Waals surface area contributed by atoms with Crippen molar-refractivity contribution in [1.82, 2.24) is 0 Å². The highest BCUT2D eigenvalue weighted by molar-refractivity contribution is 6.63. The standard InChI is InChI=1S/C8H17O2Si/c1-6-10-7(9)8(2,3)11(4)5/h6H2,1-5H3. The molecule has 0 amide bonds. The molecule has 0 atom stereocenters. The Bertz CT molecular complexity index is 141. The number of carbonyl (C=O) groups excluding carboxylic acids is 1. The van der Waals surface area contributed by atoms with E-state index in [1.165, 1.54) is 0 Å². The minimum atomic E-state index is -0.606. The van der Waals surface area contributed by atoms with E-state index in [4.69, 9.17) is 4.74 Å².